The molecule has 0 saturated heterocycles. The van der Waals surface area contributed by atoms with Gasteiger partial charge in [-0.15, -0.1) is 0 Å². The minimum Gasteiger partial charge on any atom is -0.454 e. The van der Waals surface area contributed by atoms with Gasteiger partial charge in [-0.2, -0.15) is 0 Å². The zero-order valence-electron chi connectivity index (χ0n) is 15.8. The van der Waals surface area contributed by atoms with Crippen molar-refractivity contribution in [1.82, 2.24) is 15.1 Å². The Morgan fingerprint density at radius 2 is 2.00 bits per heavy atom. The Bertz CT molecular complexity index is 1020. The number of fused-ring (bicyclic) bond motifs is 2. The fourth-order valence-corrected chi connectivity index (χ4v) is 3.57. The number of nitrogens with zero attached hydrogens (tertiary/aromatic N) is 4. The zero-order valence-corrected chi connectivity index (χ0v) is 15.8. The molecule has 1 aromatic carbocycles. The summed E-state index contributed by atoms with van der Waals surface area (Å²) >= 11 is 0. The van der Waals surface area contributed by atoms with Crippen LogP contribution in [0, 0.1) is 0 Å². The molecule has 0 bridgehead atoms. The summed E-state index contributed by atoms with van der Waals surface area (Å²) in [5.74, 6) is 4.14. The zero-order chi connectivity index (χ0) is 19.1. The maximum absolute atomic E-state index is 5.63. The Hall–Kier alpha value is -3.29. The van der Waals surface area contributed by atoms with Crippen LogP contribution in [0.2, 0.25) is 0 Å². The van der Waals surface area contributed by atoms with Crippen molar-refractivity contribution in [3.63, 3.8) is 0 Å². The van der Waals surface area contributed by atoms with Crippen LogP contribution in [0.25, 0.3) is 11.3 Å². The number of benzene rings is 1. The molecule has 3 aromatic rings. The predicted octanol–water partition coefficient (Wildman–Crippen LogP) is 3.24. The quantitative estimate of drug-likeness (QED) is 0.739. The Labute approximate surface area is 162 Å². The molecule has 0 spiro atoms. The molecule has 8 nitrogen and oxygen atoms in total. The molecule has 0 radical (unpaired) electrons. The largest absolute Gasteiger partial charge is 0.454 e. The molecule has 0 atom stereocenters. The molecule has 2 aliphatic heterocycles. The molecule has 0 saturated carbocycles. The number of hydrogen-bond acceptors (Lipinski definition) is 8. The van der Waals surface area contributed by atoms with Crippen molar-refractivity contribution in [3.05, 3.63) is 41.9 Å². The van der Waals surface area contributed by atoms with Crippen LogP contribution >= 0.6 is 0 Å². The van der Waals surface area contributed by atoms with E-state index in [-0.39, 0.29) is 6.79 Å². The van der Waals surface area contributed by atoms with Gasteiger partial charge in [-0.1, -0.05) is 5.16 Å². The number of aromatic nitrogens is 3. The third-order valence-corrected chi connectivity index (χ3v) is 4.89. The third kappa shape index (κ3) is 3.00. The monoisotopic (exact) mass is 379 g/mol. The molecular weight excluding hydrogens is 358 g/mol. The van der Waals surface area contributed by atoms with Gasteiger partial charge in [0.2, 0.25) is 6.79 Å². The van der Waals surface area contributed by atoms with Gasteiger partial charge in [-0.05, 0) is 32.0 Å². The summed E-state index contributed by atoms with van der Waals surface area (Å²) in [4.78, 5) is 11.0. The minimum absolute atomic E-state index is 0.254. The standard InChI is InChI=1S/C20H21N5O3/c1-12(2)23-18-8-19(22-10-21-18)25-6-5-15-14(9-25)20(24-28-15)13-3-4-16-17(7-13)27-11-26-16/h3-4,7-8,10,12H,5-6,9,11H2,1-2H3,(H,21,22,23). The molecule has 28 heavy (non-hydrogen) atoms. The van der Waals surface area contributed by atoms with Crippen molar-refractivity contribution >= 4 is 11.6 Å². The van der Waals surface area contributed by atoms with Crippen LogP contribution < -0.4 is 19.7 Å². The molecule has 0 unspecified atom stereocenters. The van der Waals surface area contributed by atoms with Crippen molar-refractivity contribution in [2.75, 3.05) is 23.6 Å². The first kappa shape index (κ1) is 16.9. The number of hydrogen-bond donors (Lipinski definition) is 1. The van der Waals surface area contributed by atoms with Gasteiger partial charge in [0.1, 0.15) is 29.4 Å². The highest BCUT2D eigenvalue weighted by Crippen LogP contribution is 2.38. The summed E-state index contributed by atoms with van der Waals surface area (Å²) in [5, 5.41) is 7.66. The molecule has 144 valence electrons. The van der Waals surface area contributed by atoms with Crippen LogP contribution in [-0.2, 0) is 13.0 Å². The van der Waals surface area contributed by atoms with E-state index in [1.807, 2.05) is 24.3 Å². The maximum Gasteiger partial charge on any atom is 0.231 e. The lowest BCUT2D eigenvalue weighted by Gasteiger charge is -2.27. The van der Waals surface area contributed by atoms with Gasteiger partial charge in [0.25, 0.3) is 0 Å². The van der Waals surface area contributed by atoms with Crippen molar-refractivity contribution < 1.29 is 14.0 Å². The molecule has 0 aliphatic carbocycles. The smallest absolute Gasteiger partial charge is 0.231 e. The van der Waals surface area contributed by atoms with E-state index in [1.165, 1.54) is 0 Å². The van der Waals surface area contributed by atoms with Crippen molar-refractivity contribution in [2.24, 2.45) is 0 Å². The highest BCUT2D eigenvalue weighted by atomic mass is 16.7. The fourth-order valence-electron chi connectivity index (χ4n) is 3.57. The van der Waals surface area contributed by atoms with Gasteiger partial charge >= 0.3 is 0 Å². The Kier molecular flexibility index (Phi) is 4.03. The third-order valence-electron chi connectivity index (χ3n) is 4.89. The maximum atomic E-state index is 5.63. The van der Waals surface area contributed by atoms with E-state index in [1.54, 1.807) is 6.33 Å². The first-order valence-electron chi connectivity index (χ1n) is 9.38. The molecule has 0 amide bonds. The predicted molar refractivity (Wildman–Crippen MR) is 104 cm³/mol. The topological polar surface area (TPSA) is 85.5 Å². The molecule has 5 rings (SSSR count). The Balaban J connectivity index is 1.44. The molecule has 4 heterocycles. The first-order valence-corrected chi connectivity index (χ1v) is 9.38. The van der Waals surface area contributed by atoms with Crippen LogP contribution in [0.15, 0.2) is 35.1 Å². The van der Waals surface area contributed by atoms with E-state index in [4.69, 9.17) is 14.0 Å². The molecule has 2 aromatic heterocycles. The highest BCUT2D eigenvalue weighted by Gasteiger charge is 2.27. The summed E-state index contributed by atoms with van der Waals surface area (Å²) in [5.41, 5.74) is 2.88. The van der Waals surface area contributed by atoms with E-state index in [2.05, 4.69) is 39.2 Å². The summed E-state index contributed by atoms with van der Waals surface area (Å²) < 4.78 is 16.5. The number of ether oxygens (including phenoxy) is 2. The van der Waals surface area contributed by atoms with Crippen molar-refractivity contribution in [3.8, 4) is 22.8 Å². The van der Waals surface area contributed by atoms with Crippen molar-refractivity contribution in [1.29, 1.82) is 0 Å². The van der Waals surface area contributed by atoms with E-state index < -0.39 is 0 Å². The van der Waals surface area contributed by atoms with Gasteiger partial charge in [0.15, 0.2) is 11.5 Å². The molecule has 0 fully saturated rings. The van der Waals surface area contributed by atoms with Crippen LogP contribution in [0.5, 0.6) is 11.5 Å². The number of nitrogens with one attached hydrogen (secondary N) is 1. The lowest BCUT2D eigenvalue weighted by molar-refractivity contribution is 0.174. The molecule has 2 aliphatic rings. The van der Waals surface area contributed by atoms with Gasteiger partial charge in [0, 0.05) is 36.2 Å². The lowest BCUT2D eigenvalue weighted by Crippen LogP contribution is -2.30. The minimum atomic E-state index is 0.254. The number of rotatable bonds is 4. The molecule has 8 heteroatoms. The molecular formula is C20H21N5O3. The van der Waals surface area contributed by atoms with Crippen LogP contribution in [0.3, 0.4) is 0 Å². The van der Waals surface area contributed by atoms with Crippen LogP contribution in [0.1, 0.15) is 25.2 Å². The summed E-state index contributed by atoms with van der Waals surface area (Å²) in [6.45, 7) is 5.93. The van der Waals surface area contributed by atoms with E-state index in [0.717, 1.165) is 58.7 Å². The Morgan fingerprint density at radius 1 is 1.11 bits per heavy atom. The van der Waals surface area contributed by atoms with Gasteiger partial charge < -0.3 is 24.2 Å². The fraction of sp³-hybridized carbons (Fsp3) is 0.350. The average molecular weight is 379 g/mol. The SMILES string of the molecule is CC(C)Nc1cc(N2CCc3onc(-c4ccc5c(c4)OCO5)c3C2)ncn1. The van der Waals surface area contributed by atoms with E-state index in [9.17, 15) is 0 Å². The highest BCUT2D eigenvalue weighted by molar-refractivity contribution is 5.68. The van der Waals surface area contributed by atoms with Gasteiger partial charge in [0.05, 0.1) is 6.54 Å². The van der Waals surface area contributed by atoms with Gasteiger partial charge in [-0.25, -0.2) is 9.97 Å². The second kappa shape index (κ2) is 6.70. The van der Waals surface area contributed by atoms with Crippen LogP contribution in [0.4, 0.5) is 11.6 Å². The lowest BCUT2D eigenvalue weighted by atomic mass is 10.0. The summed E-state index contributed by atoms with van der Waals surface area (Å²) in [7, 11) is 0. The second-order valence-corrected chi connectivity index (χ2v) is 7.23. The Morgan fingerprint density at radius 3 is 2.89 bits per heavy atom. The summed E-state index contributed by atoms with van der Waals surface area (Å²) in [6.07, 6.45) is 2.38. The van der Waals surface area contributed by atoms with E-state index >= 15 is 0 Å². The van der Waals surface area contributed by atoms with E-state index in [0.29, 0.717) is 12.6 Å². The first-order chi connectivity index (χ1) is 13.7. The average Bonchev–Trinajstić information content (AvgIpc) is 3.33. The number of anilines is 2. The normalized spacial score (nSPS) is 15.0. The van der Waals surface area contributed by atoms with Crippen molar-refractivity contribution in [2.45, 2.75) is 32.9 Å². The summed E-state index contributed by atoms with van der Waals surface area (Å²) in [6, 6.07) is 8.15. The molecule has 1 N–H and O–H groups in total. The van der Waals surface area contributed by atoms with Crippen LogP contribution in [-0.4, -0.2) is 34.5 Å². The second-order valence-electron chi connectivity index (χ2n) is 7.23. The van der Waals surface area contributed by atoms with Gasteiger partial charge in [-0.3, -0.25) is 0 Å².